The van der Waals surface area contributed by atoms with Gasteiger partial charge in [0, 0.05) is 0 Å². The molecular formula is C22H36O2. The van der Waals surface area contributed by atoms with Gasteiger partial charge in [0.25, 0.3) is 0 Å². The van der Waals surface area contributed by atoms with Crippen molar-refractivity contribution in [2.75, 3.05) is 0 Å². The molecule has 0 aliphatic rings. The van der Waals surface area contributed by atoms with Crippen LogP contribution in [0.15, 0.2) is 30.3 Å². The molecule has 1 aromatic carbocycles. The number of rotatable bonds is 13. The minimum absolute atomic E-state index is 0.0873. The van der Waals surface area contributed by atoms with E-state index in [1.165, 1.54) is 51.4 Å². The normalized spacial score (nSPS) is 13.5. The standard InChI is InChI=1S/C22H36O2/c1-4-6-7-8-9-10-11-12-16-19-22(3,5-2)21(23)24-20-17-14-13-15-18-20/h13-15,17-18H,4-12,16,19H2,1-3H3. The Bertz CT molecular complexity index is 441. The summed E-state index contributed by atoms with van der Waals surface area (Å²) in [6.07, 6.45) is 13.5. The number of para-hydroxylation sites is 1. The average molecular weight is 333 g/mol. The maximum absolute atomic E-state index is 12.5. The van der Waals surface area contributed by atoms with E-state index in [9.17, 15) is 4.79 Å². The molecule has 2 heteroatoms. The van der Waals surface area contributed by atoms with E-state index in [1.54, 1.807) is 0 Å². The monoisotopic (exact) mass is 332 g/mol. The Morgan fingerprint density at radius 3 is 1.96 bits per heavy atom. The van der Waals surface area contributed by atoms with E-state index in [4.69, 9.17) is 4.74 Å². The second-order valence-corrected chi connectivity index (χ2v) is 7.20. The predicted octanol–water partition coefficient (Wildman–Crippen LogP) is 6.93. The van der Waals surface area contributed by atoms with Crippen molar-refractivity contribution in [2.45, 2.75) is 91.4 Å². The van der Waals surface area contributed by atoms with Gasteiger partial charge in [-0.05, 0) is 31.9 Å². The van der Waals surface area contributed by atoms with Crippen molar-refractivity contribution in [1.29, 1.82) is 0 Å². The van der Waals surface area contributed by atoms with Crippen LogP contribution in [0.25, 0.3) is 0 Å². The molecule has 0 saturated carbocycles. The van der Waals surface area contributed by atoms with Crippen LogP contribution in [0.4, 0.5) is 0 Å². The first-order valence-electron chi connectivity index (χ1n) is 9.89. The largest absolute Gasteiger partial charge is 0.426 e. The predicted molar refractivity (Wildman–Crippen MR) is 102 cm³/mol. The molecule has 0 aliphatic carbocycles. The van der Waals surface area contributed by atoms with Crippen molar-refractivity contribution in [1.82, 2.24) is 0 Å². The summed E-state index contributed by atoms with van der Waals surface area (Å²) in [6.45, 7) is 6.39. The van der Waals surface area contributed by atoms with Crippen LogP contribution in [-0.4, -0.2) is 5.97 Å². The molecule has 1 unspecified atom stereocenters. The zero-order chi connectivity index (χ0) is 17.7. The number of carbonyl (C=O) groups excluding carboxylic acids is 1. The molecule has 0 saturated heterocycles. The molecule has 0 aliphatic heterocycles. The Morgan fingerprint density at radius 1 is 0.875 bits per heavy atom. The van der Waals surface area contributed by atoms with Gasteiger partial charge in [-0.2, -0.15) is 0 Å². The summed E-state index contributed by atoms with van der Waals surface area (Å²) in [7, 11) is 0. The lowest BCUT2D eigenvalue weighted by molar-refractivity contribution is -0.145. The van der Waals surface area contributed by atoms with E-state index < -0.39 is 0 Å². The smallest absolute Gasteiger partial charge is 0.317 e. The van der Waals surface area contributed by atoms with E-state index in [2.05, 4.69) is 13.8 Å². The molecule has 2 nitrogen and oxygen atoms in total. The van der Waals surface area contributed by atoms with Gasteiger partial charge in [-0.15, -0.1) is 0 Å². The highest BCUT2D eigenvalue weighted by atomic mass is 16.5. The Morgan fingerprint density at radius 2 is 1.42 bits per heavy atom. The first-order chi connectivity index (χ1) is 11.6. The van der Waals surface area contributed by atoms with Crippen LogP contribution in [0.1, 0.15) is 91.4 Å². The van der Waals surface area contributed by atoms with Crippen LogP contribution in [0.5, 0.6) is 5.75 Å². The highest BCUT2D eigenvalue weighted by molar-refractivity contribution is 5.78. The van der Waals surface area contributed by atoms with Crippen molar-refractivity contribution >= 4 is 5.97 Å². The second kappa shape index (κ2) is 12.1. The molecular weight excluding hydrogens is 296 g/mol. The van der Waals surface area contributed by atoms with E-state index in [0.29, 0.717) is 5.75 Å². The van der Waals surface area contributed by atoms with Gasteiger partial charge in [0.05, 0.1) is 5.41 Å². The molecule has 136 valence electrons. The summed E-state index contributed by atoms with van der Waals surface area (Å²) in [5.74, 6) is 0.560. The number of ether oxygens (including phenoxy) is 1. The van der Waals surface area contributed by atoms with E-state index in [-0.39, 0.29) is 11.4 Å². The van der Waals surface area contributed by atoms with Crippen LogP contribution in [0, 0.1) is 5.41 Å². The third kappa shape index (κ3) is 7.99. The van der Waals surface area contributed by atoms with Gasteiger partial charge in [0.2, 0.25) is 0 Å². The molecule has 0 N–H and O–H groups in total. The zero-order valence-corrected chi connectivity index (χ0v) is 16.0. The minimum atomic E-state index is -0.364. The molecule has 0 radical (unpaired) electrons. The van der Waals surface area contributed by atoms with Gasteiger partial charge < -0.3 is 4.74 Å². The van der Waals surface area contributed by atoms with Crippen molar-refractivity contribution in [3.05, 3.63) is 30.3 Å². The fourth-order valence-corrected chi connectivity index (χ4v) is 2.97. The molecule has 1 atom stereocenters. The zero-order valence-electron chi connectivity index (χ0n) is 16.0. The lowest BCUT2D eigenvalue weighted by Crippen LogP contribution is -2.31. The summed E-state index contributed by atoms with van der Waals surface area (Å²) in [5.41, 5.74) is -0.364. The van der Waals surface area contributed by atoms with Gasteiger partial charge in [-0.1, -0.05) is 89.8 Å². The summed E-state index contributed by atoms with van der Waals surface area (Å²) in [4.78, 5) is 12.5. The quantitative estimate of drug-likeness (QED) is 0.222. The van der Waals surface area contributed by atoms with Crippen LogP contribution < -0.4 is 4.74 Å². The first kappa shape index (κ1) is 20.7. The topological polar surface area (TPSA) is 26.3 Å². The van der Waals surface area contributed by atoms with Crippen molar-refractivity contribution in [3.63, 3.8) is 0 Å². The molecule has 1 rings (SSSR count). The molecule has 1 aromatic rings. The van der Waals surface area contributed by atoms with Crippen LogP contribution in [0.2, 0.25) is 0 Å². The van der Waals surface area contributed by atoms with Crippen molar-refractivity contribution < 1.29 is 9.53 Å². The summed E-state index contributed by atoms with van der Waals surface area (Å²) in [6, 6.07) is 9.40. The first-order valence-corrected chi connectivity index (χ1v) is 9.89. The van der Waals surface area contributed by atoms with Gasteiger partial charge in [0.15, 0.2) is 0 Å². The molecule has 0 amide bonds. The van der Waals surface area contributed by atoms with E-state index >= 15 is 0 Å². The van der Waals surface area contributed by atoms with Crippen LogP contribution in [-0.2, 0) is 4.79 Å². The molecule has 0 heterocycles. The fraction of sp³-hybridized carbons (Fsp3) is 0.682. The number of hydrogen-bond donors (Lipinski definition) is 0. The van der Waals surface area contributed by atoms with Gasteiger partial charge in [-0.25, -0.2) is 0 Å². The third-order valence-corrected chi connectivity index (χ3v) is 5.06. The maximum Gasteiger partial charge on any atom is 0.317 e. The highest BCUT2D eigenvalue weighted by Gasteiger charge is 2.32. The van der Waals surface area contributed by atoms with Crippen molar-refractivity contribution in [2.24, 2.45) is 5.41 Å². The minimum Gasteiger partial charge on any atom is -0.426 e. The van der Waals surface area contributed by atoms with Gasteiger partial charge in [-0.3, -0.25) is 4.79 Å². The number of hydrogen-bond acceptors (Lipinski definition) is 2. The third-order valence-electron chi connectivity index (χ3n) is 5.06. The Labute approximate surface area is 149 Å². The van der Waals surface area contributed by atoms with Gasteiger partial charge in [0.1, 0.15) is 5.75 Å². The van der Waals surface area contributed by atoms with E-state index in [1.807, 2.05) is 37.3 Å². The highest BCUT2D eigenvalue weighted by Crippen LogP contribution is 2.31. The average Bonchev–Trinajstić information content (AvgIpc) is 2.61. The van der Waals surface area contributed by atoms with Gasteiger partial charge >= 0.3 is 5.97 Å². The molecule has 0 aromatic heterocycles. The van der Waals surface area contributed by atoms with Crippen LogP contribution in [0.3, 0.4) is 0 Å². The lowest BCUT2D eigenvalue weighted by Gasteiger charge is -2.25. The molecule has 0 spiro atoms. The summed E-state index contributed by atoms with van der Waals surface area (Å²) >= 11 is 0. The maximum atomic E-state index is 12.5. The second-order valence-electron chi connectivity index (χ2n) is 7.20. The Hall–Kier alpha value is -1.31. The number of esters is 1. The number of carbonyl (C=O) groups is 1. The van der Waals surface area contributed by atoms with Crippen LogP contribution >= 0.6 is 0 Å². The molecule has 0 bridgehead atoms. The SMILES string of the molecule is CCCCCCCCCCCC(C)(CC)C(=O)Oc1ccccc1. The lowest BCUT2D eigenvalue weighted by atomic mass is 9.82. The van der Waals surface area contributed by atoms with E-state index in [0.717, 1.165) is 19.3 Å². The molecule has 0 fully saturated rings. The number of unbranched alkanes of at least 4 members (excludes halogenated alkanes) is 8. The fourth-order valence-electron chi connectivity index (χ4n) is 2.97. The summed E-state index contributed by atoms with van der Waals surface area (Å²) < 4.78 is 5.56. The number of benzene rings is 1. The Kier molecular flexibility index (Phi) is 10.5. The Balaban J connectivity index is 2.23. The van der Waals surface area contributed by atoms with Crippen molar-refractivity contribution in [3.8, 4) is 5.75 Å². The summed E-state index contributed by atoms with van der Waals surface area (Å²) in [5, 5.41) is 0. The molecule has 24 heavy (non-hydrogen) atoms.